The Kier molecular flexibility index (Phi) is 13.0. The lowest BCUT2D eigenvalue weighted by Gasteiger charge is -2.12. The highest BCUT2D eigenvalue weighted by Crippen LogP contribution is 2.24. The van der Waals surface area contributed by atoms with Crippen LogP contribution in [-0.2, 0) is 23.1 Å². The lowest BCUT2D eigenvalue weighted by Crippen LogP contribution is -2.37. The Morgan fingerprint density at radius 3 is 2.57 bits per heavy atom. The fourth-order valence-electron chi connectivity index (χ4n) is 1.78. The molecule has 0 aliphatic rings. The summed E-state index contributed by atoms with van der Waals surface area (Å²) in [6.07, 6.45) is 0.895. The fraction of sp³-hybridized carbons (Fsp3) is 0.643. The van der Waals surface area contributed by atoms with Gasteiger partial charge in [0.15, 0.2) is 5.96 Å². The second-order valence-electron chi connectivity index (χ2n) is 4.64. The number of methoxy groups -OCH3 is 1. The van der Waals surface area contributed by atoms with E-state index in [1.807, 2.05) is 17.7 Å². The van der Waals surface area contributed by atoms with Crippen molar-refractivity contribution in [3.63, 3.8) is 0 Å². The maximum Gasteiger partial charge on any atom is 0.191 e. The van der Waals surface area contributed by atoms with Crippen molar-refractivity contribution in [3.05, 3.63) is 21.9 Å². The van der Waals surface area contributed by atoms with Gasteiger partial charge < -0.3 is 24.7 Å². The van der Waals surface area contributed by atoms with Gasteiger partial charge in [-0.05, 0) is 12.5 Å². The van der Waals surface area contributed by atoms with E-state index < -0.39 is 0 Å². The van der Waals surface area contributed by atoms with Crippen LogP contribution < -0.4 is 10.6 Å². The van der Waals surface area contributed by atoms with Crippen LogP contribution in [-0.4, -0.2) is 51.0 Å². The third-order valence-corrected chi connectivity index (χ3v) is 3.91. The molecule has 1 heterocycles. The third kappa shape index (κ3) is 8.44. The molecule has 23 heavy (non-hydrogen) atoms. The summed E-state index contributed by atoms with van der Waals surface area (Å²) in [5.74, 6) is 0.727. The van der Waals surface area contributed by atoms with Crippen molar-refractivity contribution in [2.24, 2.45) is 12.0 Å². The molecule has 1 rings (SSSR count). The van der Waals surface area contributed by atoms with Crippen LogP contribution in [0.5, 0.6) is 0 Å². The highest BCUT2D eigenvalue weighted by Gasteiger charge is 2.09. The molecular weight excluding hydrogens is 454 g/mol. The summed E-state index contributed by atoms with van der Waals surface area (Å²) in [5, 5.41) is 7.53. The Morgan fingerprint density at radius 2 is 2.00 bits per heavy atom. The van der Waals surface area contributed by atoms with E-state index in [4.69, 9.17) is 32.7 Å². The van der Waals surface area contributed by atoms with E-state index in [0.29, 0.717) is 36.5 Å². The number of guanidine groups is 1. The molecule has 134 valence electrons. The second kappa shape index (κ2) is 13.1. The van der Waals surface area contributed by atoms with E-state index in [-0.39, 0.29) is 24.0 Å². The highest BCUT2D eigenvalue weighted by molar-refractivity contribution is 14.0. The van der Waals surface area contributed by atoms with E-state index in [2.05, 4.69) is 15.6 Å². The first-order chi connectivity index (χ1) is 10.6. The molecule has 2 N–H and O–H groups in total. The summed E-state index contributed by atoms with van der Waals surface area (Å²) >= 11 is 12.0. The quantitative estimate of drug-likeness (QED) is 0.248. The molecule has 0 spiro atoms. The Labute approximate surface area is 164 Å². The molecule has 0 fully saturated rings. The lowest BCUT2D eigenvalue weighted by atomic mass is 10.4. The van der Waals surface area contributed by atoms with Crippen molar-refractivity contribution in [2.75, 3.05) is 40.5 Å². The summed E-state index contributed by atoms with van der Waals surface area (Å²) in [6.45, 7) is 3.31. The van der Waals surface area contributed by atoms with Gasteiger partial charge >= 0.3 is 0 Å². The lowest BCUT2D eigenvalue weighted by molar-refractivity contribution is 0.0698. The molecule has 0 unspecified atom stereocenters. The van der Waals surface area contributed by atoms with Gasteiger partial charge in [0.2, 0.25) is 0 Å². The van der Waals surface area contributed by atoms with Crippen molar-refractivity contribution >= 4 is 53.1 Å². The standard InChI is InChI=1S/C14H24Cl2N4O2.HI/c1-17-14(18-5-4-6-22-8-7-21-3)19-10-11-9-12(15)13(16)20(11)2;/h9H,4-8,10H2,1-3H3,(H2,17,18,19);1H. The van der Waals surface area contributed by atoms with Crippen LogP contribution in [0, 0.1) is 0 Å². The topological polar surface area (TPSA) is 59.8 Å². The number of aliphatic imine (C=N–C) groups is 1. The number of rotatable bonds is 9. The summed E-state index contributed by atoms with van der Waals surface area (Å²) < 4.78 is 12.1. The van der Waals surface area contributed by atoms with Crippen molar-refractivity contribution in [1.82, 2.24) is 15.2 Å². The molecular formula is C14H25Cl2IN4O2. The summed E-state index contributed by atoms with van der Waals surface area (Å²) in [5.41, 5.74) is 0.987. The predicted octanol–water partition coefficient (Wildman–Crippen LogP) is 2.67. The zero-order chi connectivity index (χ0) is 16.4. The van der Waals surface area contributed by atoms with Crippen LogP contribution in [0.3, 0.4) is 0 Å². The summed E-state index contributed by atoms with van der Waals surface area (Å²) in [6, 6.07) is 1.84. The van der Waals surface area contributed by atoms with Crippen molar-refractivity contribution < 1.29 is 9.47 Å². The Morgan fingerprint density at radius 1 is 1.26 bits per heavy atom. The number of halogens is 3. The number of nitrogens with zero attached hydrogens (tertiary/aromatic N) is 2. The molecule has 9 heteroatoms. The molecule has 0 aliphatic heterocycles. The molecule has 1 aromatic rings. The monoisotopic (exact) mass is 478 g/mol. The van der Waals surface area contributed by atoms with Crippen LogP contribution in [0.1, 0.15) is 12.1 Å². The predicted molar refractivity (Wildman–Crippen MR) is 106 cm³/mol. The molecule has 0 saturated heterocycles. The first-order valence-corrected chi connectivity index (χ1v) is 7.86. The van der Waals surface area contributed by atoms with Crippen LogP contribution in [0.2, 0.25) is 10.2 Å². The first-order valence-electron chi connectivity index (χ1n) is 7.11. The average Bonchev–Trinajstić information content (AvgIpc) is 2.76. The number of hydrogen-bond acceptors (Lipinski definition) is 3. The normalized spacial score (nSPS) is 11.3. The summed E-state index contributed by atoms with van der Waals surface area (Å²) in [4.78, 5) is 4.17. The maximum absolute atomic E-state index is 6.04. The molecule has 0 radical (unpaired) electrons. The number of hydrogen-bond donors (Lipinski definition) is 2. The van der Waals surface area contributed by atoms with Crippen LogP contribution in [0.15, 0.2) is 11.1 Å². The van der Waals surface area contributed by atoms with Crippen molar-refractivity contribution in [3.8, 4) is 0 Å². The largest absolute Gasteiger partial charge is 0.382 e. The second-order valence-corrected chi connectivity index (χ2v) is 5.41. The smallest absolute Gasteiger partial charge is 0.191 e. The van der Waals surface area contributed by atoms with E-state index >= 15 is 0 Å². The van der Waals surface area contributed by atoms with Gasteiger partial charge in [-0.2, -0.15) is 0 Å². The van der Waals surface area contributed by atoms with Crippen molar-refractivity contribution in [2.45, 2.75) is 13.0 Å². The van der Waals surface area contributed by atoms with E-state index in [1.54, 1.807) is 14.2 Å². The molecule has 0 amide bonds. The average molecular weight is 479 g/mol. The van der Waals surface area contributed by atoms with Crippen molar-refractivity contribution in [1.29, 1.82) is 0 Å². The van der Waals surface area contributed by atoms with E-state index in [1.165, 1.54) is 0 Å². The molecule has 0 saturated carbocycles. The summed E-state index contributed by atoms with van der Waals surface area (Å²) in [7, 11) is 5.27. The number of nitrogens with one attached hydrogen (secondary N) is 2. The molecule has 0 aromatic carbocycles. The van der Waals surface area contributed by atoms with Gasteiger partial charge in [0.05, 0.1) is 24.8 Å². The minimum absolute atomic E-state index is 0. The van der Waals surface area contributed by atoms with Gasteiger partial charge in [0, 0.05) is 40.1 Å². The Balaban J connectivity index is 0.00000484. The van der Waals surface area contributed by atoms with E-state index in [0.717, 1.165) is 24.6 Å². The van der Waals surface area contributed by atoms with Crippen LogP contribution >= 0.6 is 47.2 Å². The van der Waals surface area contributed by atoms with E-state index in [9.17, 15) is 0 Å². The van der Waals surface area contributed by atoms with Gasteiger partial charge in [-0.1, -0.05) is 23.2 Å². The first kappa shape index (κ1) is 22.8. The van der Waals surface area contributed by atoms with Gasteiger partial charge in [0.1, 0.15) is 5.15 Å². The van der Waals surface area contributed by atoms with Gasteiger partial charge in [-0.25, -0.2) is 0 Å². The SMILES string of the molecule is CN=C(NCCCOCCOC)NCc1cc(Cl)c(Cl)n1C.I. The molecule has 0 bridgehead atoms. The zero-order valence-corrected chi connectivity index (χ0v) is 17.5. The van der Waals surface area contributed by atoms with Crippen LogP contribution in [0.4, 0.5) is 0 Å². The molecule has 0 atom stereocenters. The van der Waals surface area contributed by atoms with Gasteiger partial charge in [0.25, 0.3) is 0 Å². The number of aromatic nitrogens is 1. The molecule has 1 aromatic heterocycles. The Hall–Kier alpha value is -0.220. The van der Waals surface area contributed by atoms with Gasteiger partial charge in [-0.3, -0.25) is 4.99 Å². The number of ether oxygens (including phenoxy) is 2. The molecule has 6 nitrogen and oxygen atoms in total. The minimum Gasteiger partial charge on any atom is -0.382 e. The van der Waals surface area contributed by atoms with Crippen LogP contribution in [0.25, 0.3) is 0 Å². The fourth-order valence-corrected chi connectivity index (χ4v) is 2.19. The maximum atomic E-state index is 6.04. The third-order valence-electron chi connectivity index (χ3n) is 3.07. The minimum atomic E-state index is 0. The molecule has 0 aliphatic carbocycles. The Bertz CT molecular complexity index is 484. The zero-order valence-electron chi connectivity index (χ0n) is 13.7. The van der Waals surface area contributed by atoms with Gasteiger partial charge in [-0.15, -0.1) is 24.0 Å². The highest BCUT2D eigenvalue weighted by atomic mass is 127.